The molecule has 0 radical (unpaired) electrons. The number of ether oxygens (including phenoxy) is 1. The van der Waals surface area contributed by atoms with Gasteiger partial charge < -0.3 is 9.64 Å². The molecule has 0 N–H and O–H groups in total. The van der Waals surface area contributed by atoms with Gasteiger partial charge in [-0.05, 0) is 37.6 Å². The zero-order valence-corrected chi connectivity index (χ0v) is 17.2. The number of hydrogen-bond acceptors (Lipinski definition) is 7. The first-order chi connectivity index (χ1) is 14.1. The lowest BCUT2D eigenvalue weighted by molar-refractivity contribution is 0.248. The van der Waals surface area contributed by atoms with E-state index in [0.29, 0.717) is 0 Å². The molecule has 4 rings (SSSR count). The third-order valence-electron chi connectivity index (χ3n) is 5.21. The number of piperazine rings is 1. The Morgan fingerprint density at radius 3 is 2.48 bits per heavy atom. The lowest BCUT2D eigenvalue weighted by Gasteiger charge is -2.34. The molecule has 0 bridgehead atoms. The molecule has 7 heteroatoms. The van der Waals surface area contributed by atoms with Crippen molar-refractivity contribution in [3.63, 3.8) is 0 Å². The van der Waals surface area contributed by atoms with Crippen LogP contribution in [0.15, 0.2) is 42.9 Å². The second kappa shape index (κ2) is 8.53. The Balaban J connectivity index is 1.49. The van der Waals surface area contributed by atoms with Gasteiger partial charge in [-0.2, -0.15) is 0 Å². The van der Waals surface area contributed by atoms with Gasteiger partial charge in [0.15, 0.2) is 0 Å². The van der Waals surface area contributed by atoms with Crippen molar-refractivity contribution in [1.82, 2.24) is 24.8 Å². The highest BCUT2D eigenvalue weighted by atomic mass is 16.5. The van der Waals surface area contributed by atoms with E-state index < -0.39 is 0 Å². The number of benzene rings is 1. The fraction of sp³-hybridized carbons (Fsp3) is 0.364. The highest BCUT2D eigenvalue weighted by Gasteiger charge is 2.20. The van der Waals surface area contributed by atoms with Gasteiger partial charge in [0.05, 0.1) is 24.2 Å². The summed E-state index contributed by atoms with van der Waals surface area (Å²) in [5, 5.41) is 0. The Kier molecular flexibility index (Phi) is 5.67. The smallest absolute Gasteiger partial charge is 0.225 e. The summed E-state index contributed by atoms with van der Waals surface area (Å²) in [6.07, 6.45) is 5.39. The third kappa shape index (κ3) is 4.35. The fourth-order valence-corrected chi connectivity index (χ4v) is 3.65. The zero-order valence-electron chi connectivity index (χ0n) is 17.2. The van der Waals surface area contributed by atoms with E-state index in [4.69, 9.17) is 9.72 Å². The number of rotatable bonds is 5. The number of anilines is 1. The molecule has 1 fully saturated rings. The summed E-state index contributed by atoms with van der Waals surface area (Å²) in [5.74, 6) is 1.63. The monoisotopic (exact) mass is 390 g/mol. The predicted octanol–water partition coefficient (Wildman–Crippen LogP) is 2.88. The van der Waals surface area contributed by atoms with E-state index in [1.165, 1.54) is 5.56 Å². The second-order valence-electron chi connectivity index (χ2n) is 7.29. The van der Waals surface area contributed by atoms with Gasteiger partial charge in [-0.1, -0.05) is 6.07 Å². The molecule has 1 aliphatic heterocycles. The van der Waals surface area contributed by atoms with Crippen LogP contribution in [-0.2, 0) is 6.54 Å². The van der Waals surface area contributed by atoms with Crippen molar-refractivity contribution in [1.29, 1.82) is 0 Å². The SMILES string of the molecule is COc1ccc(CN2CCN(c3ncccn3)CC2)cc1-c1nc(C)cnc1C. The van der Waals surface area contributed by atoms with Gasteiger partial charge in [-0.25, -0.2) is 15.0 Å². The molecule has 1 saturated heterocycles. The van der Waals surface area contributed by atoms with Crippen molar-refractivity contribution in [2.75, 3.05) is 38.2 Å². The summed E-state index contributed by atoms with van der Waals surface area (Å²) in [7, 11) is 1.70. The van der Waals surface area contributed by atoms with Gasteiger partial charge in [-0.15, -0.1) is 0 Å². The highest BCUT2D eigenvalue weighted by molar-refractivity contribution is 5.69. The standard InChI is InChI=1S/C22H26N6O/c1-16-14-25-17(2)21(26-16)19-13-18(5-6-20(19)29-3)15-27-9-11-28(12-10-27)22-23-7-4-8-24-22/h4-8,13-14H,9-12,15H2,1-3H3. The molecule has 1 aromatic carbocycles. The van der Waals surface area contributed by atoms with Crippen LogP contribution in [0.3, 0.4) is 0 Å². The van der Waals surface area contributed by atoms with Crippen molar-refractivity contribution >= 4 is 5.95 Å². The van der Waals surface area contributed by atoms with Crippen LogP contribution in [0, 0.1) is 13.8 Å². The minimum Gasteiger partial charge on any atom is -0.496 e. The first-order valence-corrected chi connectivity index (χ1v) is 9.86. The molecule has 7 nitrogen and oxygen atoms in total. The van der Waals surface area contributed by atoms with Gasteiger partial charge in [0.25, 0.3) is 0 Å². The Labute approximate surface area is 171 Å². The Hall–Kier alpha value is -3.06. The fourth-order valence-electron chi connectivity index (χ4n) is 3.65. The molecular formula is C22H26N6O. The average Bonchev–Trinajstić information content (AvgIpc) is 2.76. The molecule has 29 heavy (non-hydrogen) atoms. The summed E-state index contributed by atoms with van der Waals surface area (Å²) >= 11 is 0. The molecule has 0 unspecified atom stereocenters. The van der Waals surface area contributed by atoms with E-state index in [0.717, 1.165) is 67.1 Å². The normalized spacial score (nSPS) is 14.8. The maximum Gasteiger partial charge on any atom is 0.225 e. The number of hydrogen-bond donors (Lipinski definition) is 0. The predicted molar refractivity (Wildman–Crippen MR) is 113 cm³/mol. The van der Waals surface area contributed by atoms with Crippen LogP contribution in [0.5, 0.6) is 5.75 Å². The maximum atomic E-state index is 5.60. The molecule has 0 saturated carbocycles. The summed E-state index contributed by atoms with van der Waals surface area (Å²) in [5.41, 5.74) is 4.93. The third-order valence-corrected chi connectivity index (χ3v) is 5.21. The quantitative estimate of drug-likeness (QED) is 0.663. The lowest BCUT2D eigenvalue weighted by atomic mass is 10.0. The maximum absolute atomic E-state index is 5.60. The Morgan fingerprint density at radius 2 is 1.76 bits per heavy atom. The molecule has 2 aromatic heterocycles. The van der Waals surface area contributed by atoms with Gasteiger partial charge >= 0.3 is 0 Å². The van der Waals surface area contributed by atoms with E-state index in [2.05, 4.69) is 36.9 Å². The highest BCUT2D eigenvalue weighted by Crippen LogP contribution is 2.31. The number of aryl methyl sites for hydroxylation is 2. The summed E-state index contributed by atoms with van der Waals surface area (Å²) in [6, 6.07) is 8.19. The summed E-state index contributed by atoms with van der Waals surface area (Å²) < 4.78 is 5.60. The van der Waals surface area contributed by atoms with Crippen LogP contribution in [0.25, 0.3) is 11.3 Å². The largest absolute Gasteiger partial charge is 0.496 e. The minimum atomic E-state index is 0.812. The van der Waals surface area contributed by atoms with E-state index in [1.54, 1.807) is 25.7 Å². The molecular weight excluding hydrogens is 364 g/mol. The molecule has 0 amide bonds. The van der Waals surface area contributed by atoms with Gasteiger partial charge in [-0.3, -0.25) is 9.88 Å². The number of nitrogens with zero attached hydrogens (tertiary/aromatic N) is 6. The van der Waals surface area contributed by atoms with Gasteiger partial charge in [0, 0.05) is 56.9 Å². The van der Waals surface area contributed by atoms with Crippen LogP contribution < -0.4 is 9.64 Å². The van der Waals surface area contributed by atoms with Crippen LogP contribution >= 0.6 is 0 Å². The van der Waals surface area contributed by atoms with E-state index >= 15 is 0 Å². The molecule has 1 aliphatic rings. The van der Waals surface area contributed by atoms with Crippen molar-refractivity contribution in [2.24, 2.45) is 0 Å². The zero-order chi connectivity index (χ0) is 20.2. The average molecular weight is 390 g/mol. The molecule has 3 heterocycles. The number of methoxy groups -OCH3 is 1. The summed E-state index contributed by atoms with van der Waals surface area (Å²) in [6.45, 7) is 8.64. The number of aromatic nitrogens is 4. The van der Waals surface area contributed by atoms with Gasteiger partial charge in [0.2, 0.25) is 5.95 Å². The lowest BCUT2D eigenvalue weighted by Crippen LogP contribution is -2.46. The molecule has 0 aliphatic carbocycles. The minimum absolute atomic E-state index is 0.812. The molecule has 0 atom stereocenters. The van der Waals surface area contributed by atoms with Crippen molar-refractivity contribution in [3.05, 3.63) is 59.8 Å². The topological polar surface area (TPSA) is 67.3 Å². The van der Waals surface area contributed by atoms with Crippen molar-refractivity contribution in [2.45, 2.75) is 20.4 Å². The van der Waals surface area contributed by atoms with Crippen molar-refractivity contribution in [3.8, 4) is 17.0 Å². The van der Waals surface area contributed by atoms with Gasteiger partial charge in [0.1, 0.15) is 5.75 Å². The van der Waals surface area contributed by atoms with E-state index in [1.807, 2.05) is 26.0 Å². The Morgan fingerprint density at radius 1 is 1.00 bits per heavy atom. The van der Waals surface area contributed by atoms with Crippen LogP contribution in [0.2, 0.25) is 0 Å². The van der Waals surface area contributed by atoms with Crippen LogP contribution in [-0.4, -0.2) is 58.1 Å². The first-order valence-electron chi connectivity index (χ1n) is 9.86. The second-order valence-corrected chi connectivity index (χ2v) is 7.29. The molecule has 3 aromatic rings. The van der Waals surface area contributed by atoms with E-state index in [9.17, 15) is 0 Å². The molecule has 0 spiro atoms. The van der Waals surface area contributed by atoms with Crippen LogP contribution in [0.1, 0.15) is 17.0 Å². The van der Waals surface area contributed by atoms with Crippen molar-refractivity contribution < 1.29 is 4.74 Å². The summed E-state index contributed by atoms with van der Waals surface area (Å²) in [4.78, 5) is 22.6. The van der Waals surface area contributed by atoms with E-state index in [-0.39, 0.29) is 0 Å². The van der Waals surface area contributed by atoms with Crippen LogP contribution in [0.4, 0.5) is 5.95 Å². The molecule has 150 valence electrons. The Bertz CT molecular complexity index is 970. The first kappa shape index (κ1) is 19.3.